The summed E-state index contributed by atoms with van der Waals surface area (Å²) in [7, 11) is 0. The van der Waals surface area contributed by atoms with E-state index >= 15 is 0 Å². The van der Waals surface area contributed by atoms with Gasteiger partial charge in [0.25, 0.3) is 0 Å². The summed E-state index contributed by atoms with van der Waals surface area (Å²) in [4.78, 5) is 13.9. The van der Waals surface area contributed by atoms with Crippen LogP contribution in [0.4, 0.5) is 0 Å². The molecule has 2 aromatic carbocycles. The van der Waals surface area contributed by atoms with E-state index in [0.29, 0.717) is 36.7 Å². The maximum atomic E-state index is 13.9. The molecule has 0 amide bonds. The second kappa shape index (κ2) is 18.4. The van der Waals surface area contributed by atoms with Crippen LogP contribution in [0.15, 0.2) is 67.8 Å². The maximum absolute atomic E-state index is 13.9. The van der Waals surface area contributed by atoms with Crippen LogP contribution in [0.1, 0.15) is 81.0 Å². The van der Waals surface area contributed by atoms with E-state index in [0.717, 1.165) is 24.8 Å². The molecule has 1 heterocycles. The molecule has 0 radical (unpaired) electrons. The Labute approximate surface area is 269 Å². The van der Waals surface area contributed by atoms with Crippen LogP contribution < -0.4 is 13.9 Å². The molecule has 9 heteroatoms. The fraction of sp³-hybridized carbons (Fsp3) is 0.514. The van der Waals surface area contributed by atoms with E-state index < -0.39 is 11.8 Å². The van der Waals surface area contributed by atoms with Gasteiger partial charge in [0.15, 0.2) is 0 Å². The molecule has 0 bridgehead atoms. The molecule has 0 N–H and O–H groups in total. The Morgan fingerprint density at radius 2 is 1.75 bits per heavy atom. The number of hydrogen-bond donors (Lipinski definition) is 0. The van der Waals surface area contributed by atoms with Gasteiger partial charge in [-0.1, -0.05) is 0 Å². The van der Waals surface area contributed by atoms with E-state index in [-0.39, 0.29) is 51.7 Å². The van der Waals surface area contributed by atoms with Crippen molar-refractivity contribution in [1.82, 2.24) is 0 Å². The molecule has 2 aromatic rings. The zero-order chi connectivity index (χ0) is 32.0. The van der Waals surface area contributed by atoms with Crippen LogP contribution in [0.25, 0.3) is 0 Å². The number of carbonyl (C=O) groups is 1. The molecule has 44 heavy (non-hydrogen) atoms. The van der Waals surface area contributed by atoms with E-state index in [9.17, 15) is 4.79 Å². The predicted octanol–water partition coefficient (Wildman–Crippen LogP) is 6.50. The fourth-order valence-corrected chi connectivity index (χ4v) is 7.52. The van der Waals surface area contributed by atoms with Crippen LogP contribution in [-0.4, -0.2) is 71.8 Å². The monoisotopic (exact) mass is 676 g/mol. The zero-order valence-electron chi connectivity index (χ0n) is 26.8. The van der Waals surface area contributed by atoms with Gasteiger partial charge >= 0.3 is 270 Å². The first-order chi connectivity index (χ1) is 21.2. The minimum atomic E-state index is -0.658. The summed E-state index contributed by atoms with van der Waals surface area (Å²) in [5, 5.41) is 0. The molecule has 242 valence electrons. The molecule has 0 aliphatic carbocycles. The molecule has 8 nitrogen and oxygen atoms in total. The van der Waals surface area contributed by atoms with Gasteiger partial charge in [-0.15, -0.1) is 0 Å². The second-order valence-electron chi connectivity index (χ2n) is 10.9. The van der Waals surface area contributed by atoms with Crippen molar-refractivity contribution in [2.24, 2.45) is 0 Å². The molecule has 1 aliphatic rings. The summed E-state index contributed by atoms with van der Waals surface area (Å²) in [6.07, 6.45) is 5.89. The van der Waals surface area contributed by atoms with Crippen molar-refractivity contribution in [3.63, 3.8) is 0 Å². The Hall–Kier alpha value is -2.65. The van der Waals surface area contributed by atoms with Gasteiger partial charge in [-0.3, -0.25) is 0 Å². The SMILES string of the molecule is C=CC[C@H](C)OC(=O)c1c(OCOCC)cc(OCOCC)cc1C(CCC[C@@H]1OC(C)(C)O[C@@H]1C=C)[Se]c1ccccc1. The van der Waals surface area contributed by atoms with E-state index in [4.69, 9.17) is 33.2 Å². The Morgan fingerprint density at radius 1 is 1.05 bits per heavy atom. The van der Waals surface area contributed by atoms with Gasteiger partial charge in [0.1, 0.15) is 0 Å². The first-order valence-electron chi connectivity index (χ1n) is 15.3. The predicted molar refractivity (Wildman–Crippen MR) is 173 cm³/mol. The summed E-state index contributed by atoms with van der Waals surface area (Å²) >= 11 is -0.0388. The van der Waals surface area contributed by atoms with Gasteiger partial charge in [0.05, 0.1) is 0 Å². The van der Waals surface area contributed by atoms with Crippen molar-refractivity contribution in [1.29, 1.82) is 0 Å². The van der Waals surface area contributed by atoms with Crippen molar-refractivity contribution in [2.45, 2.75) is 89.2 Å². The van der Waals surface area contributed by atoms with Gasteiger partial charge in [-0.2, -0.15) is 0 Å². The van der Waals surface area contributed by atoms with E-state index in [2.05, 4.69) is 25.3 Å². The molecular formula is C35H48O8Se. The van der Waals surface area contributed by atoms with Gasteiger partial charge in [-0.25, -0.2) is 0 Å². The van der Waals surface area contributed by atoms with Gasteiger partial charge in [0, 0.05) is 0 Å². The van der Waals surface area contributed by atoms with E-state index in [1.54, 1.807) is 12.1 Å². The number of benzene rings is 2. The van der Waals surface area contributed by atoms with E-state index in [1.165, 1.54) is 4.46 Å². The van der Waals surface area contributed by atoms with Crippen molar-refractivity contribution < 1.29 is 38.0 Å². The number of esters is 1. The third-order valence-electron chi connectivity index (χ3n) is 6.91. The summed E-state index contributed by atoms with van der Waals surface area (Å²) in [6, 6.07) is 14.0. The Kier molecular flexibility index (Phi) is 14.9. The second-order valence-corrected chi connectivity index (χ2v) is 13.5. The molecule has 3 rings (SSSR count). The van der Waals surface area contributed by atoms with Crippen LogP contribution in [0.3, 0.4) is 0 Å². The Balaban J connectivity index is 2.04. The molecule has 1 unspecified atom stereocenters. The Bertz CT molecular complexity index is 1180. The first-order valence-corrected chi connectivity index (χ1v) is 17.2. The number of carbonyl (C=O) groups excluding carboxylic acids is 1. The molecule has 0 aromatic heterocycles. The molecule has 1 aliphatic heterocycles. The van der Waals surface area contributed by atoms with E-state index in [1.807, 2.05) is 65.0 Å². The van der Waals surface area contributed by atoms with Crippen LogP contribution in [0, 0.1) is 0 Å². The molecule has 4 atom stereocenters. The quantitative estimate of drug-likeness (QED) is 0.0518. The van der Waals surface area contributed by atoms with Gasteiger partial charge in [-0.05, 0) is 0 Å². The third-order valence-corrected chi connectivity index (χ3v) is 9.68. The number of ether oxygens (including phenoxy) is 7. The summed E-state index contributed by atoms with van der Waals surface area (Å²) in [5.41, 5.74) is 1.20. The zero-order valence-corrected chi connectivity index (χ0v) is 28.5. The topological polar surface area (TPSA) is 81.7 Å². The molecule has 1 saturated heterocycles. The minimum absolute atomic E-state index is 0.00948. The van der Waals surface area contributed by atoms with Crippen LogP contribution in [-0.2, 0) is 23.7 Å². The number of hydrogen-bond acceptors (Lipinski definition) is 8. The molecular weight excluding hydrogens is 627 g/mol. The number of rotatable bonds is 20. The van der Waals surface area contributed by atoms with Gasteiger partial charge in [0.2, 0.25) is 0 Å². The van der Waals surface area contributed by atoms with Crippen LogP contribution in [0.2, 0.25) is 0 Å². The summed E-state index contributed by atoms with van der Waals surface area (Å²) in [6.45, 7) is 18.3. The fourth-order valence-electron chi connectivity index (χ4n) is 4.92. The molecule has 0 spiro atoms. The van der Waals surface area contributed by atoms with Crippen molar-refractivity contribution >= 4 is 25.4 Å². The first kappa shape index (κ1) is 35.8. The summed E-state index contributed by atoms with van der Waals surface area (Å²) < 4.78 is 42.3. The Morgan fingerprint density at radius 3 is 2.41 bits per heavy atom. The molecule has 1 fully saturated rings. The third kappa shape index (κ3) is 11.1. The van der Waals surface area contributed by atoms with Crippen molar-refractivity contribution in [3.05, 3.63) is 78.9 Å². The normalized spacial score (nSPS) is 18.8. The summed E-state index contributed by atoms with van der Waals surface area (Å²) in [5.74, 6) is -0.208. The van der Waals surface area contributed by atoms with Crippen molar-refractivity contribution in [2.75, 3.05) is 26.8 Å². The van der Waals surface area contributed by atoms with Crippen LogP contribution >= 0.6 is 0 Å². The standard InChI is InChI=1S/C35H48O8Se/c1-8-16-25(5)41-34(36)33-28(21-26(39-23-37-10-3)22-31(33)40-24-38-11-4)32(44-27-17-13-12-14-18-27)20-15-19-30-29(9-2)42-35(6,7)43-30/h8-9,12-14,17-18,21-22,25,29-30,32H,1-2,10-11,15-16,19-20,23-24H2,3-7H3/t25-,29+,30-,32?/m0/s1. The van der Waals surface area contributed by atoms with Crippen LogP contribution in [0.5, 0.6) is 11.5 Å². The average Bonchev–Trinajstić information content (AvgIpc) is 3.30. The average molecular weight is 676 g/mol. The van der Waals surface area contributed by atoms with Crippen molar-refractivity contribution in [3.8, 4) is 11.5 Å². The van der Waals surface area contributed by atoms with Gasteiger partial charge < -0.3 is 0 Å². The molecule has 0 saturated carbocycles.